The molecule has 2 amide bonds. The Bertz CT molecular complexity index is 1420. The Balaban J connectivity index is 2.06. The number of carbonyl (C=O) groups excluding carboxylic acids is 2. The van der Waals surface area contributed by atoms with E-state index in [1.165, 1.54) is 11.0 Å². The first-order valence-electron chi connectivity index (χ1n) is 12.7. The summed E-state index contributed by atoms with van der Waals surface area (Å²) in [5.74, 6) is -1.67. The molecule has 11 heteroatoms. The number of nitrogens with zero attached hydrogens (tertiary/aromatic N) is 2. The largest absolute Gasteiger partial charge is 0.352 e. The molecule has 40 heavy (non-hydrogen) atoms. The van der Waals surface area contributed by atoms with Crippen LogP contribution in [0.5, 0.6) is 0 Å². The Morgan fingerprint density at radius 1 is 1.02 bits per heavy atom. The molecule has 214 valence electrons. The number of rotatable bonds is 12. The van der Waals surface area contributed by atoms with Crippen LogP contribution in [0.1, 0.15) is 31.4 Å². The van der Waals surface area contributed by atoms with Crippen molar-refractivity contribution in [1.82, 2.24) is 10.2 Å². The van der Waals surface area contributed by atoms with Gasteiger partial charge in [0.15, 0.2) is 0 Å². The van der Waals surface area contributed by atoms with E-state index >= 15 is 0 Å². The molecule has 0 aliphatic carbocycles. The number of hydrogen-bond donors (Lipinski definition) is 1. The first kappa shape index (κ1) is 31.6. The van der Waals surface area contributed by atoms with Gasteiger partial charge in [-0.25, -0.2) is 12.8 Å². The molecule has 0 aromatic heterocycles. The van der Waals surface area contributed by atoms with E-state index in [0.717, 1.165) is 38.3 Å². The maximum absolute atomic E-state index is 14.0. The molecule has 0 unspecified atom stereocenters. The van der Waals surface area contributed by atoms with Gasteiger partial charge in [-0.3, -0.25) is 13.9 Å². The quantitative estimate of drug-likeness (QED) is 0.278. The monoisotopic (exact) mass is 651 g/mol. The molecule has 1 N–H and O–H groups in total. The number of anilines is 1. The van der Waals surface area contributed by atoms with Gasteiger partial charge in [-0.1, -0.05) is 76.9 Å². The molecule has 0 aliphatic rings. The van der Waals surface area contributed by atoms with Gasteiger partial charge in [-0.05, 0) is 54.8 Å². The Morgan fingerprint density at radius 2 is 1.68 bits per heavy atom. The van der Waals surface area contributed by atoms with E-state index in [-0.39, 0.29) is 35.6 Å². The Morgan fingerprint density at radius 3 is 2.25 bits per heavy atom. The van der Waals surface area contributed by atoms with Crippen molar-refractivity contribution < 1.29 is 22.4 Å². The van der Waals surface area contributed by atoms with Gasteiger partial charge in [-0.15, -0.1) is 0 Å². The third-order valence-electron chi connectivity index (χ3n) is 6.41. The highest BCUT2D eigenvalue weighted by Crippen LogP contribution is 2.25. The van der Waals surface area contributed by atoms with Gasteiger partial charge in [0.05, 0.1) is 17.0 Å². The zero-order valence-corrected chi connectivity index (χ0v) is 25.6. The van der Waals surface area contributed by atoms with Crippen molar-refractivity contribution in [2.45, 2.75) is 45.3 Å². The second-order valence-electron chi connectivity index (χ2n) is 9.54. The molecule has 0 radical (unpaired) electrons. The Labute approximate surface area is 248 Å². The SMILES string of the molecule is CC[C@@H](C)NC(=O)[C@H](Cc1ccccc1)N(Cc1ccc(Br)cc1)C(=O)CN(c1ccc(F)c(Cl)c1)S(C)(=O)=O. The van der Waals surface area contributed by atoms with Crippen LogP contribution < -0.4 is 9.62 Å². The van der Waals surface area contributed by atoms with Crippen LogP contribution in [0.15, 0.2) is 77.3 Å². The van der Waals surface area contributed by atoms with Crippen LogP contribution >= 0.6 is 27.5 Å². The third-order valence-corrected chi connectivity index (χ3v) is 8.37. The van der Waals surface area contributed by atoms with Crippen molar-refractivity contribution >= 4 is 55.1 Å². The lowest BCUT2D eigenvalue weighted by Gasteiger charge is -2.34. The van der Waals surface area contributed by atoms with Gasteiger partial charge >= 0.3 is 0 Å². The standard InChI is InChI=1S/C29H32BrClFN3O4S/c1-4-20(2)33-29(37)27(16-21-8-6-5-7-9-21)34(18-22-10-12-23(30)13-11-22)28(36)19-35(40(3,38)39)24-14-15-26(32)25(31)17-24/h5-15,17,20,27H,4,16,18-19H2,1-3H3,(H,33,37)/t20-,27+/m1/s1. The van der Waals surface area contributed by atoms with Crippen LogP contribution in [0.4, 0.5) is 10.1 Å². The fraction of sp³-hybridized carbons (Fsp3) is 0.310. The molecular formula is C29H32BrClFN3O4S. The molecule has 2 atom stereocenters. The van der Waals surface area contributed by atoms with Gasteiger partial charge in [0, 0.05) is 23.5 Å². The first-order chi connectivity index (χ1) is 18.9. The average molecular weight is 653 g/mol. The van der Waals surface area contributed by atoms with Crippen molar-refractivity contribution in [2.24, 2.45) is 0 Å². The molecule has 0 fully saturated rings. The normalized spacial score (nSPS) is 12.8. The van der Waals surface area contributed by atoms with E-state index in [2.05, 4.69) is 21.2 Å². The molecular weight excluding hydrogens is 621 g/mol. The molecule has 0 heterocycles. The van der Waals surface area contributed by atoms with E-state index in [1.54, 1.807) is 0 Å². The van der Waals surface area contributed by atoms with Crippen LogP contribution in [-0.2, 0) is 32.6 Å². The fourth-order valence-electron chi connectivity index (χ4n) is 4.04. The number of sulfonamides is 1. The summed E-state index contributed by atoms with van der Waals surface area (Å²) < 4.78 is 41.1. The summed E-state index contributed by atoms with van der Waals surface area (Å²) in [6.07, 6.45) is 1.86. The minimum Gasteiger partial charge on any atom is -0.352 e. The van der Waals surface area contributed by atoms with Crippen LogP contribution in [0.25, 0.3) is 0 Å². The van der Waals surface area contributed by atoms with Crippen molar-refractivity contribution in [3.63, 3.8) is 0 Å². The van der Waals surface area contributed by atoms with Crippen molar-refractivity contribution in [3.8, 4) is 0 Å². The highest BCUT2D eigenvalue weighted by Gasteiger charge is 2.33. The van der Waals surface area contributed by atoms with E-state index in [4.69, 9.17) is 11.6 Å². The van der Waals surface area contributed by atoms with E-state index in [1.807, 2.05) is 68.4 Å². The fourth-order valence-corrected chi connectivity index (χ4v) is 5.32. The molecule has 0 bridgehead atoms. The number of halogens is 3. The van der Waals surface area contributed by atoms with E-state index in [9.17, 15) is 22.4 Å². The molecule has 0 spiro atoms. The van der Waals surface area contributed by atoms with Crippen LogP contribution in [0.3, 0.4) is 0 Å². The summed E-state index contributed by atoms with van der Waals surface area (Å²) >= 11 is 9.33. The lowest BCUT2D eigenvalue weighted by atomic mass is 10.0. The molecule has 0 aliphatic heterocycles. The van der Waals surface area contributed by atoms with Crippen LogP contribution in [-0.4, -0.2) is 50.0 Å². The molecule has 0 saturated carbocycles. The lowest BCUT2D eigenvalue weighted by Crippen LogP contribution is -2.54. The minimum atomic E-state index is -3.98. The summed E-state index contributed by atoms with van der Waals surface area (Å²) in [6, 6.07) is 19.0. The highest BCUT2D eigenvalue weighted by molar-refractivity contribution is 9.10. The van der Waals surface area contributed by atoms with E-state index in [0.29, 0.717) is 6.42 Å². The molecule has 3 rings (SSSR count). The maximum atomic E-state index is 14.0. The van der Waals surface area contributed by atoms with Crippen LogP contribution in [0, 0.1) is 5.82 Å². The van der Waals surface area contributed by atoms with Crippen molar-refractivity contribution in [1.29, 1.82) is 0 Å². The number of amides is 2. The Hall–Kier alpha value is -2.95. The summed E-state index contributed by atoms with van der Waals surface area (Å²) in [7, 11) is -3.98. The predicted molar refractivity (Wildman–Crippen MR) is 160 cm³/mol. The zero-order chi connectivity index (χ0) is 29.4. The summed E-state index contributed by atoms with van der Waals surface area (Å²) in [6.45, 7) is 3.26. The summed E-state index contributed by atoms with van der Waals surface area (Å²) in [5, 5.41) is 2.70. The smallest absolute Gasteiger partial charge is 0.244 e. The second kappa shape index (κ2) is 14.1. The topological polar surface area (TPSA) is 86.8 Å². The van der Waals surface area contributed by atoms with Gasteiger partial charge in [0.2, 0.25) is 21.8 Å². The Kier molecular flexibility index (Phi) is 11.1. The third kappa shape index (κ3) is 8.78. The highest BCUT2D eigenvalue weighted by atomic mass is 79.9. The predicted octanol–water partition coefficient (Wildman–Crippen LogP) is 5.56. The first-order valence-corrected chi connectivity index (χ1v) is 15.7. The summed E-state index contributed by atoms with van der Waals surface area (Å²) in [4.78, 5) is 29.1. The van der Waals surface area contributed by atoms with Crippen LogP contribution in [0.2, 0.25) is 5.02 Å². The maximum Gasteiger partial charge on any atom is 0.244 e. The van der Waals surface area contributed by atoms with Crippen molar-refractivity contribution in [3.05, 3.63) is 99.2 Å². The number of carbonyl (C=O) groups is 2. The summed E-state index contributed by atoms with van der Waals surface area (Å²) in [5.41, 5.74) is 1.63. The number of hydrogen-bond acceptors (Lipinski definition) is 4. The minimum absolute atomic E-state index is 0.0366. The average Bonchev–Trinajstić information content (AvgIpc) is 2.91. The molecule has 3 aromatic rings. The van der Waals surface area contributed by atoms with Gasteiger partial charge in [0.25, 0.3) is 0 Å². The molecule has 0 saturated heterocycles. The van der Waals surface area contributed by atoms with Gasteiger partial charge in [-0.2, -0.15) is 0 Å². The van der Waals surface area contributed by atoms with Gasteiger partial charge in [0.1, 0.15) is 18.4 Å². The number of benzene rings is 3. The van der Waals surface area contributed by atoms with Crippen molar-refractivity contribution in [2.75, 3.05) is 17.1 Å². The molecule has 3 aromatic carbocycles. The lowest BCUT2D eigenvalue weighted by molar-refractivity contribution is -0.140. The van der Waals surface area contributed by atoms with E-state index < -0.39 is 34.3 Å². The van der Waals surface area contributed by atoms with Gasteiger partial charge < -0.3 is 10.2 Å². The second-order valence-corrected chi connectivity index (χ2v) is 12.8. The zero-order valence-electron chi connectivity index (χ0n) is 22.5. The number of nitrogens with one attached hydrogen (secondary N) is 1. The molecule has 7 nitrogen and oxygen atoms in total.